The summed E-state index contributed by atoms with van der Waals surface area (Å²) < 4.78 is 5.51. The van der Waals surface area contributed by atoms with Gasteiger partial charge in [-0.3, -0.25) is 0 Å². The summed E-state index contributed by atoms with van der Waals surface area (Å²) in [6.07, 6.45) is 0. The lowest BCUT2D eigenvalue weighted by Crippen LogP contribution is -2.05. The SMILES string of the molecule is O=C(O)c1ccccc1OCCSc1ccc(Cl)c(Cl)c1. The highest BCUT2D eigenvalue weighted by Crippen LogP contribution is 2.28. The van der Waals surface area contributed by atoms with Gasteiger partial charge >= 0.3 is 5.97 Å². The van der Waals surface area contributed by atoms with Gasteiger partial charge in [0.15, 0.2) is 0 Å². The first-order valence-electron chi connectivity index (χ1n) is 6.11. The molecule has 21 heavy (non-hydrogen) atoms. The summed E-state index contributed by atoms with van der Waals surface area (Å²) in [4.78, 5) is 12.0. The van der Waals surface area contributed by atoms with Crippen LogP contribution in [0.5, 0.6) is 5.75 Å². The van der Waals surface area contributed by atoms with Gasteiger partial charge in [0.25, 0.3) is 0 Å². The molecule has 0 atom stereocenters. The highest BCUT2D eigenvalue weighted by Gasteiger charge is 2.09. The van der Waals surface area contributed by atoms with Gasteiger partial charge in [-0.2, -0.15) is 0 Å². The second kappa shape index (κ2) is 7.59. The van der Waals surface area contributed by atoms with E-state index in [2.05, 4.69) is 0 Å². The van der Waals surface area contributed by atoms with Gasteiger partial charge in [0, 0.05) is 10.6 Å². The molecule has 2 aromatic rings. The Kier molecular flexibility index (Phi) is 5.79. The van der Waals surface area contributed by atoms with Crippen molar-refractivity contribution in [3.05, 3.63) is 58.1 Å². The van der Waals surface area contributed by atoms with E-state index in [-0.39, 0.29) is 5.56 Å². The van der Waals surface area contributed by atoms with Gasteiger partial charge in [-0.25, -0.2) is 4.79 Å². The molecule has 1 N–H and O–H groups in total. The first kappa shape index (κ1) is 16.0. The van der Waals surface area contributed by atoms with Crippen LogP contribution in [0.15, 0.2) is 47.4 Å². The first-order valence-corrected chi connectivity index (χ1v) is 7.85. The highest BCUT2D eigenvalue weighted by atomic mass is 35.5. The fourth-order valence-corrected chi connectivity index (χ4v) is 2.78. The molecular formula is C15H12Cl2O3S. The van der Waals surface area contributed by atoms with E-state index in [0.29, 0.717) is 28.2 Å². The number of hydrogen-bond acceptors (Lipinski definition) is 3. The highest BCUT2D eigenvalue weighted by molar-refractivity contribution is 7.99. The molecule has 0 saturated heterocycles. The lowest BCUT2D eigenvalue weighted by molar-refractivity contribution is 0.0692. The van der Waals surface area contributed by atoms with Crippen molar-refractivity contribution in [2.75, 3.05) is 12.4 Å². The zero-order valence-corrected chi connectivity index (χ0v) is 13.2. The average Bonchev–Trinajstić information content (AvgIpc) is 2.47. The number of carbonyl (C=O) groups is 1. The maximum Gasteiger partial charge on any atom is 0.339 e. The lowest BCUT2D eigenvalue weighted by atomic mass is 10.2. The predicted octanol–water partition coefficient (Wildman–Crippen LogP) is 4.86. The Morgan fingerprint density at radius 1 is 1.14 bits per heavy atom. The molecule has 0 bridgehead atoms. The van der Waals surface area contributed by atoms with E-state index in [1.54, 1.807) is 42.1 Å². The minimum atomic E-state index is -0.997. The smallest absolute Gasteiger partial charge is 0.339 e. The molecule has 2 aromatic carbocycles. The van der Waals surface area contributed by atoms with E-state index in [9.17, 15) is 4.79 Å². The van der Waals surface area contributed by atoms with E-state index in [1.807, 2.05) is 6.07 Å². The second-order valence-electron chi connectivity index (χ2n) is 4.07. The average molecular weight is 343 g/mol. The van der Waals surface area contributed by atoms with E-state index in [1.165, 1.54) is 6.07 Å². The number of para-hydroxylation sites is 1. The lowest BCUT2D eigenvalue weighted by Gasteiger charge is -2.09. The zero-order chi connectivity index (χ0) is 15.2. The number of carboxylic acids is 1. The van der Waals surface area contributed by atoms with Crippen molar-refractivity contribution >= 4 is 40.9 Å². The maximum absolute atomic E-state index is 11.0. The Morgan fingerprint density at radius 2 is 1.90 bits per heavy atom. The summed E-state index contributed by atoms with van der Waals surface area (Å²) in [6, 6.07) is 12.0. The number of aromatic carboxylic acids is 1. The summed E-state index contributed by atoms with van der Waals surface area (Å²) in [5.74, 6) is 0.0498. The molecule has 6 heteroatoms. The Balaban J connectivity index is 1.87. The van der Waals surface area contributed by atoms with Crippen LogP contribution in [-0.2, 0) is 0 Å². The number of ether oxygens (including phenoxy) is 1. The molecule has 0 aliphatic rings. The molecule has 0 amide bonds. The molecule has 0 fully saturated rings. The van der Waals surface area contributed by atoms with Gasteiger partial charge in [0.1, 0.15) is 11.3 Å². The Hall–Kier alpha value is -1.36. The quantitative estimate of drug-likeness (QED) is 0.601. The molecule has 0 radical (unpaired) electrons. The van der Waals surface area contributed by atoms with Crippen LogP contribution in [0.2, 0.25) is 10.0 Å². The summed E-state index contributed by atoms with van der Waals surface area (Å²) in [5, 5.41) is 10.1. The minimum absolute atomic E-state index is 0.164. The Labute approximate surface area is 136 Å². The fourth-order valence-electron chi connectivity index (χ4n) is 1.65. The number of carboxylic acid groups (broad SMARTS) is 1. The molecule has 0 aromatic heterocycles. The Morgan fingerprint density at radius 3 is 2.62 bits per heavy atom. The van der Waals surface area contributed by atoms with Gasteiger partial charge in [-0.05, 0) is 30.3 Å². The van der Waals surface area contributed by atoms with Crippen molar-refractivity contribution in [1.29, 1.82) is 0 Å². The van der Waals surface area contributed by atoms with Crippen LogP contribution in [0.25, 0.3) is 0 Å². The van der Waals surface area contributed by atoms with Crippen molar-refractivity contribution in [1.82, 2.24) is 0 Å². The molecule has 0 saturated carbocycles. The fraction of sp³-hybridized carbons (Fsp3) is 0.133. The van der Waals surface area contributed by atoms with Crippen molar-refractivity contribution in [3.8, 4) is 5.75 Å². The molecule has 110 valence electrons. The number of hydrogen-bond donors (Lipinski definition) is 1. The third kappa shape index (κ3) is 4.56. The number of benzene rings is 2. The monoisotopic (exact) mass is 342 g/mol. The minimum Gasteiger partial charge on any atom is -0.492 e. The first-order chi connectivity index (χ1) is 10.1. The van der Waals surface area contributed by atoms with Crippen LogP contribution in [0, 0.1) is 0 Å². The van der Waals surface area contributed by atoms with Crippen LogP contribution in [0.4, 0.5) is 0 Å². The summed E-state index contributed by atoms with van der Waals surface area (Å²) in [6.45, 7) is 0.398. The van der Waals surface area contributed by atoms with E-state index < -0.39 is 5.97 Å². The van der Waals surface area contributed by atoms with Crippen LogP contribution in [-0.4, -0.2) is 23.4 Å². The van der Waals surface area contributed by atoms with Crippen LogP contribution in [0.3, 0.4) is 0 Å². The van der Waals surface area contributed by atoms with Crippen molar-refractivity contribution < 1.29 is 14.6 Å². The zero-order valence-electron chi connectivity index (χ0n) is 10.9. The number of thioether (sulfide) groups is 1. The third-order valence-electron chi connectivity index (χ3n) is 2.62. The van der Waals surface area contributed by atoms with Crippen LogP contribution >= 0.6 is 35.0 Å². The summed E-state index contributed by atoms with van der Waals surface area (Å²) in [7, 11) is 0. The molecule has 3 nitrogen and oxygen atoms in total. The van der Waals surface area contributed by atoms with Crippen molar-refractivity contribution in [2.24, 2.45) is 0 Å². The van der Waals surface area contributed by atoms with E-state index in [0.717, 1.165) is 4.90 Å². The summed E-state index contributed by atoms with van der Waals surface area (Å²) in [5.41, 5.74) is 0.164. The number of halogens is 2. The van der Waals surface area contributed by atoms with Gasteiger partial charge in [0.2, 0.25) is 0 Å². The molecule has 0 unspecified atom stereocenters. The topological polar surface area (TPSA) is 46.5 Å². The van der Waals surface area contributed by atoms with Gasteiger partial charge in [-0.1, -0.05) is 35.3 Å². The van der Waals surface area contributed by atoms with Crippen LogP contribution < -0.4 is 4.74 Å². The Bertz CT molecular complexity index is 647. The van der Waals surface area contributed by atoms with Crippen LogP contribution in [0.1, 0.15) is 10.4 Å². The normalized spacial score (nSPS) is 10.4. The molecule has 0 aliphatic heterocycles. The number of rotatable bonds is 6. The third-order valence-corrected chi connectivity index (χ3v) is 4.32. The second-order valence-corrected chi connectivity index (χ2v) is 6.06. The predicted molar refractivity (Wildman–Crippen MR) is 86.1 cm³/mol. The molecule has 0 aliphatic carbocycles. The van der Waals surface area contributed by atoms with Crippen molar-refractivity contribution in [2.45, 2.75) is 4.90 Å². The molecule has 2 rings (SSSR count). The maximum atomic E-state index is 11.0. The van der Waals surface area contributed by atoms with E-state index in [4.69, 9.17) is 33.0 Å². The molecule has 0 spiro atoms. The molecule has 0 heterocycles. The standard InChI is InChI=1S/C15H12Cl2O3S/c16-12-6-5-10(9-13(12)17)21-8-7-20-14-4-2-1-3-11(14)15(18)19/h1-6,9H,7-8H2,(H,18,19). The van der Waals surface area contributed by atoms with Gasteiger partial charge in [0.05, 0.1) is 16.7 Å². The van der Waals surface area contributed by atoms with Gasteiger partial charge < -0.3 is 9.84 Å². The van der Waals surface area contributed by atoms with E-state index >= 15 is 0 Å². The van der Waals surface area contributed by atoms with Gasteiger partial charge in [-0.15, -0.1) is 11.8 Å². The van der Waals surface area contributed by atoms with Crippen molar-refractivity contribution in [3.63, 3.8) is 0 Å². The largest absolute Gasteiger partial charge is 0.492 e. The summed E-state index contributed by atoms with van der Waals surface area (Å²) >= 11 is 13.3. The molecular weight excluding hydrogens is 331 g/mol.